The van der Waals surface area contributed by atoms with Crippen molar-refractivity contribution >= 4 is 35.1 Å². The summed E-state index contributed by atoms with van der Waals surface area (Å²) in [5.74, 6) is -1.25. The number of amides is 2. The number of rotatable bonds is 12. The molecule has 0 spiro atoms. The Balaban J connectivity index is 0.000000393. The first-order chi connectivity index (χ1) is 30.2. The number of halogens is 2. The third-order valence-electron chi connectivity index (χ3n) is 12.2. The van der Waals surface area contributed by atoms with Gasteiger partial charge in [0.2, 0.25) is 11.8 Å². The van der Waals surface area contributed by atoms with Crippen molar-refractivity contribution in [1.29, 1.82) is 0 Å². The van der Waals surface area contributed by atoms with Crippen LogP contribution in [-0.2, 0) is 23.9 Å². The zero-order valence-electron chi connectivity index (χ0n) is 39.3. The van der Waals surface area contributed by atoms with Crippen molar-refractivity contribution in [2.75, 3.05) is 53.1 Å². The molecule has 2 atom stereocenters. The molecule has 3 saturated heterocycles. The van der Waals surface area contributed by atoms with E-state index in [-0.39, 0.29) is 91.0 Å². The largest absolute Gasteiger partial charge is 1.00 e. The minimum atomic E-state index is -0.721. The number of likely N-dealkylation sites (tertiary alicyclic amines) is 2. The number of nitrogens with one attached hydrogen (secondary N) is 2. The SMILES string of the molecule is C1CCOC1.CC(C)(CO)N1CCC(C(=O)NC(c2ccc(F)cc2)c2ccccn2)CC1.COC(=O)C(C)(C)N1CCC(C(=O)NC(c2ccc(F)cc2)c2ccccn2)CC1.[AlH3].[H-].[Li+]. The fraction of sp³-hybridized carbons (Fsp3) is 0.490. The molecule has 4 aromatic rings. The maximum absolute atomic E-state index is 13.4. The monoisotopic (exact) mass is 909 g/mol. The Kier molecular flexibility index (Phi) is 22.9. The van der Waals surface area contributed by atoms with Gasteiger partial charge >= 0.3 is 24.8 Å². The van der Waals surface area contributed by atoms with Gasteiger partial charge in [0, 0.05) is 43.0 Å². The second-order valence-electron chi connectivity index (χ2n) is 17.4. The van der Waals surface area contributed by atoms with Crippen LogP contribution in [0.15, 0.2) is 97.3 Å². The second-order valence-corrected chi connectivity index (χ2v) is 17.4. The quantitative estimate of drug-likeness (QED) is 0.143. The fourth-order valence-electron chi connectivity index (χ4n) is 8.02. The molecule has 2 aromatic carbocycles. The van der Waals surface area contributed by atoms with Gasteiger partial charge in [-0.1, -0.05) is 36.4 Å². The Morgan fingerprint density at radius 1 is 0.723 bits per heavy atom. The maximum Gasteiger partial charge on any atom is 1.00 e. The molecule has 348 valence electrons. The third kappa shape index (κ3) is 16.1. The summed E-state index contributed by atoms with van der Waals surface area (Å²) in [7, 11) is 1.39. The van der Waals surface area contributed by atoms with Gasteiger partial charge in [0.15, 0.2) is 17.4 Å². The first-order valence-electron chi connectivity index (χ1n) is 21.9. The van der Waals surface area contributed by atoms with Crippen molar-refractivity contribution in [2.45, 2.75) is 89.4 Å². The van der Waals surface area contributed by atoms with Gasteiger partial charge in [-0.3, -0.25) is 34.2 Å². The molecule has 0 saturated carbocycles. The third-order valence-corrected chi connectivity index (χ3v) is 12.2. The van der Waals surface area contributed by atoms with E-state index < -0.39 is 17.6 Å². The van der Waals surface area contributed by atoms with Gasteiger partial charge in [0.05, 0.1) is 37.2 Å². The molecule has 65 heavy (non-hydrogen) atoms. The summed E-state index contributed by atoms with van der Waals surface area (Å²) >= 11 is 0. The van der Waals surface area contributed by atoms with E-state index in [1.165, 1.54) is 44.2 Å². The average Bonchev–Trinajstić information content (AvgIpc) is 3.92. The number of aliphatic hydroxyl groups is 1. The van der Waals surface area contributed by atoms with Crippen molar-refractivity contribution in [2.24, 2.45) is 11.8 Å². The normalized spacial score (nSPS) is 17.0. The number of nitrogens with zero attached hydrogens (tertiary/aromatic N) is 4. The van der Waals surface area contributed by atoms with Crippen molar-refractivity contribution in [3.8, 4) is 0 Å². The Hall–Kier alpha value is -4.02. The van der Waals surface area contributed by atoms with Crippen molar-refractivity contribution in [1.82, 2.24) is 30.4 Å². The second kappa shape index (κ2) is 27.0. The standard InChI is InChI=1S/C23H28FN3O3.C22H28FN3O2.C4H8O.Al.Li.4H/c1-23(2,22(29)30-3)27-14-11-17(12-15-27)21(28)26-20(19-6-4-5-13-25-19)16-7-9-18(24)10-8-16;1-22(2,15-27)26-13-10-17(11-14-26)21(28)25-20(19-5-3-4-12-24-19)16-6-8-18(23)9-7-16;1-2-4-5-3-1;;;;;;/h4-10,13,17,20H,11-12,14-15H2,1-3H3,(H,26,28);3-9,12,17,20,27H,10-11,13-15H2,1-2H3,(H,25,28);1-4H2;;;;;;/q;;;;+1;;;;-1. The fourth-order valence-corrected chi connectivity index (χ4v) is 8.02. The van der Waals surface area contributed by atoms with Crippen LogP contribution in [-0.4, -0.2) is 124 Å². The van der Waals surface area contributed by atoms with E-state index in [1.807, 2.05) is 64.1 Å². The van der Waals surface area contributed by atoms with Crippen LogP contribution in [0.3, 0.4) is 0 Å². The predicted molar refractivity (Wildman–Crippen MR) is 248 cm³/mol. The van der Waals surface area contributed by atoms with Crippen LogP contribution in [0.25, 0.3) is 0 Å². The Morgan fingerprint density at radius 3 is 1.45 bits per heavy atom. The number of carbonyl (C=O) groups is 3. The molecule has 2 aromatic heterocycles. The Bertz CT molecular complexity index is 2020. The zero-order valence-corrected chi connectivity index (χ0v) is 38.3. The first-order valence-corrected chi connectivity index (χ1v) is 21.9. The minimum absolute atomic E-state index is 0. The van der Waals surface area contributed by atoms with Gasteiger partial charge < -0.3 is 26.6 Å². The van der Waals surface area contributed by atoms with Crippen LogP contribution >= 0.6 is 0 Å². The van der Waals surface area contributed by atoms with E-state index in [9.17, 15) is 28.3 Å². The van der Waals surface area contributed by atoms with E-state index in [1.54, 1.807) is 36.7 Å². The smallest absolute Gasteiger partial charge is 1.00 e. The van der Waals surface area contributed by atoms with Gasteiger partial charge in [0.25, 0.3) is 0 Å². The molecule has 0 bridgehead atoms. The van der Waals surface area contributed by atoms with Crippen LogP contribution in [0, 0.1) is 23.5 Å². The summed E-state index contributed by atoms with van der Waals surface area (Å²) in [6, 6.07) is 22.4. The van der Waals surface area contributed by atoms with E-state index in [0.29, 0.717) is 31.6 Å². The van der Waals surface area contributed by atoms with Crippen LogP contribution in [0.2, 0.25) is 0 Å². The molecule has 0 radical (unpaired) electrons. The number of carbonyl (C=O) groups excluding carboxylic acids is 3. The van der Waals surface area contributed by atoms with Gasteiger partial charge in [-0.15, -0.1) is 0 Å². The van der Waals surface area contributed by atoms with Gasteiger partial charge in [0.1, 0.15) is 17.2 Å². The molecule has 5 heterocycles. The Labute approximate surface area is 407 Å². The summed E-state index contributed by atoms with van der Waals surface area (Å²) in [5.41, 5.74) is 2.00. The molecule has 2 amide bonds. The number of ether oxygens (including phenoxy) is 2. The summed E-state index contributed by atoms with van der Waals surface area (Å²) in [6.45, 7) is 12.6. The van der Waals surface area contributed by atoms with Gasteiger partial charge in [-0.2, -0.15) is 0 Å². The van der Waals surface area contributed by atoms with Gasteiger partial charge in [-0.25, -0.2) is 8.78 Å². The summed E-state index contributed by atoms with van der Waals surface area (Å²) in [4.78, 5) is 51.1. The summed E-state index contributed by atoms with van der Waals surface area (Å²) in [6.07, 6.45) is 8.69. The number of methoxy groups -OCH3 is 1. The van der Waals surface area contributed by atoms with Crippen molar-refractivity contribution in [3.05, 3.63) is 131 Å². The number of hydrogen-bond donors (Lipinski definition) is 3. The summed E-state index contributed by atoms with van der Waals surface area (Å²) < 4.78 is 36.6. The Morgan fingerprint density at radius 2 is 1.12 bits per heavy atom. The molecular formula is C49H68AlF2LiN6O6. The topological polar surface area (TPSA) is 146 Å². The zero-order chi connectivity index (χ0) is 45.4. The maximum atomic E-state index is 13.4. The van der Waals surface area contributed by atoms with Crippen LogP contribution in [0.4, 0.5) is 8.78 Å². The molecule has 3 aliphatic rings. The van der Waals surface area contributed by atoms with E-state index in [2.05, 4.69) is 30.4 Å². The molecule has 2 unspecified atom stereocenters. The van der Waals surface area contributed by atoms with E-state index in [0.717, 1.165) is 56.0 Å². The first kappa shape index (κ1) is 55.3. The van der Waals surface area contributed by atoms with Crippen molar-refractivity contribution in [3.63, 3.8) is 0 Å². The van der Waals surface area contributed by atoms with Crippen LogP contribution < -0.4 is 29.5 Å². The molecule has 3 fully saturated rings. The average molecular weight is 909 g/mol. The van der Waals surface area contributed by atoms with Crippen LogP contribution in [0.5, 0.6) is 0 Å². The molecule has 7 rings (SSSR count). The van der Waals surface area contributed by atoms with E-state index in [4.69, 9.17) is 9.47 Å². The number of piperidine rings is 2. The number of esters is 1. The molecule has 12 nitrogen and oxygen atoms in total. The van der Waals surface area contributed by atoms with E-state index >= 15 is 0 Å². The molecule has 3 aliphatic heterocycles. The number of benzene rings is 2. The number of pyridine rings is 2. The van der Waals surface area contributed by atoms with Crippen LogP contribution in [0.1, 0.15) is 102 Å². The molecule has 3 N–H and O–H groups in total. The minimum Gasteiger partial charge on any atom is -1.00 e. The molecule has 16 heteroatoms. The number of aliphatic hydroxyl groups excluding tert-OH is 1. The molecular weight excluding hydrogens is 840 g/mol. The number of hydrogen-bond acceptors (Lipinski definition) is 10. The van der Waals surface area contributed by atoms with Gasteiger partial charge in [-0.05, 0) is 152 Å². The predicted octanol–water partition coefficient (Wildman–Crippen LogP) is 2.73. The van der Waals surface area contributed by atoms with Crippen molar-refractivity contribution < 1.29 is 58.0 Å². The summed E-state index contributed by atoms with van der Waals surface area (Å²) in [5, 5.41) is 15.8. The number of aromatic nitrogens is 2. The molecule has 0 aliphatic carbocycles.